The minimum atomic E-state index is -0.697. The molecule has 0 bridgehead atoms. The lowest BCUT2D eigenvalue weighted by molar-refractivity contribution is 0.220. The third kappa shape index (κ3) is 2.55. The van der Waals surface area contributed by atoms with E-state index in [4.69, 9.17) is 5.73 Å². The molecule has 0 spiro atoms. The maximum atomic E-state index is 13.0. The highest BCUT2D eigenvalue weighted by molar-refractivity contribution is 5.81. The average Bonchev–Trinajstić information content (AvgIpc) is 2.16. The summed E-state index contributed by atoms with van der Waals surface area (Å²) in [5.74, 6) is -0.394. The Hall–Kier alpha value is -1.91. The van der Waals surface area contributed by atoms with Gasteiger partial charge in [0.1, 0.15) is 5.82 Å². The van der Waals surface area contributed by atoms with E-state index in [1.807, 2.05) is 0 Å². The first-order chi connectivity index (χ1) is 6.61. The summed E-state index contributed by atoms with van der Waals surface area (Å²) >= 11 is 0. The minimum absolute atomic E-state index is 0.306. The first kappa shape index (κ1) is 10.2. The van der Waals surface area contributed by atoms with Gasteiger partial charge in [0.2, 0.25) is 0 Å². The van der Waals surface area contributed by atoms with Gasteiger partial charge >= 0.3 is 6.03 Å². The third-order valence-corrected chi connectivity index (χ3v) is 1.59. The number of halogens is 1. The molecule has 0 saturated heterocycles. The van der Waals surface area contributed by atoms with Gasteiger partial charge in [0.15, 0.2) is 0 Å². The summed E-state index contributed by atoms with van der Waals surface area (Å²) in [6.45, 7) is 0. The molecule has 74 valence electrons. The molecule has 0 atom stereocenters. The van der Waals surface area contributed by atoms with Gasteiger partial charge in [0.25, 0.3) is 0 Å². The van der Waals surface area contributed by atoms with E-state index >= 15 is 0 Å². The summed E-state index contributed by atoms with van der Waals surface area (Å²) in [4.78, 5) is 10.5. The Balaban J connectivity index is 2.78. The molecule has 1 aromatic rings. The Kier molecular flexibility index (Phi) is 3.17. The number of carbonyl (C=O) groups excluding carboxylic acids is 1. The van der Waals surface area contributed by atoms with Crippen molar-refractivity contribution < 1.29 is 9.18 Å². The number of nitrogens with two attached hydrogens (primary N) is 1. The molecule has 0 heterocycles. The lowest BCUT2D eigenvalue weighted by atomic mass is 10.2. The fourth-order valence-electron chi connectivity index (χ4n) is 0.786. The summed E-state index contributed by atoms with van der Waals surface area (Å²) < 4.78 is 13.0. The number of rotatable bonds is 2. The monoisotopic (exact) mass is 195 g/mol. The van der Waals surface area contributed by atoms with E-state index in [0.29, 0.717) is 5.56 Å². The quantitative estimate of drug-likeness (QED) is 0.559. The third-order valence-electron chi connectivity index (χ3n) is 1.59. The van der Waals surface area contributed by atoms with Crippen LogP contribution in [0.2, 0.25) is 0 Å². The summed E-state index contributed by atoms with van der Waals surface area (Å²) in [5, 5.41) is 4.57. The van der Waals surface area contributed by atoms with Crippen LogP contribution >= 0.6 is 0 Å². The van der Waals surface area contributed by atoms with Crippen LogP contribution in [0.3, 0.4) is 0 Å². The molecular weight excluding hydrogens is 185 g/mol. The fraction of sp³-hybridized carbons (Fsp3) is 0.111. The zero-order chi connectivity index (χ0) is 10.6. The fourth-order valence-corrected chi connectivity index (χ4v) is 0.786. The maximum absolute atomic E-state index is 13.0. The molecule has 2 N–H and O–H groups in total. The molecule has 4 nitrogen and oxygen atoms in total. The van der Waals surface area contributed by atoms with Gasteiger partial charge in [-0.1, -0.05) is 18.2 Å². The van der Waals surface area contributed by atoms with Crippen molar-refractivity contribution in [3.63, 3.8) is 0 Å². The molecule has 1 aromatic carbocycles. The van der Waals surface area contributed by atoms with Crippen LogP contribution in [0.15, 0.2) is 29.4 Å². The summed E-state index contributed by atoms with van der Waals surface area (Å²) in [5.41, 5.74) is 5.22. The van der Waals surface area contributed by atoms with Gasteiger partial charge in [-0.2, -0.15) is 5.10 Å². The van der Waals surface area contributed by atoms with Crippen molar-refractivity contribution in [3.8, 4) is 0 Å². The number of hydrazone groups is 1. The molecule has 5 heteroatoms. The first-order valence-electron chi connectivity index (χ1n) is 3.93. The number of benzene rings is 1. The van der Waals surface area contributed by atoms with E-state index in [1.54, 1.807) is 18.2 Å². The second-order valence-electron chi connectivity index (χ2n) is 2.63. The lowest BCUT2D eigenvalue weighted by Crippen LogP contribution is -2.27. The van der Waals surface area contributed by atoms with Gasteiger partial charge in [0, 0.05) is 12.6 Å². The van der Waals surface area contributed by atoms with Crippen LogP contribution in [-0.4, -0.2) is 24.3 Å². The number of amides is 2. The van der Waals surface area contributed by atoms with Crippen molar-refractivity contribution in [1.29, 1.82) is 0 Å². The molecule has 0 aliphatic heterocycles. The smallest absolute Gasteiger partial charge is 0.334 e. The average molecular weight is 195 g/mol. The van der Waals surface area contributed by atoms with E-state index in [1.165, 1.54) is 19.3 Å². The Morgan fingerprint density at radius 3 is 2.79 bits per heavy atom. The highest BCUT2D eigenvalue weighted by atomic mass is 19.1. The largest absolute Gasteiger partial charge is 0.350 e. The van der Waals surface area contributed by atoms with Gasteiger partial charge in [-0.3, -0.25) is 0 Å². The molecule has 0 unspecified atom stereocenters. The maximum Gasteiger partial charge on any atom is 0.334 e. The number of carbonyl (C=O) groups is 1. The van der Waals surface area contributed by atoms with Gasteiger partial charge in [-0.15, -0.1) is 0 Å². The molecule has 2 amide bonds. The van der Waals surface area contributed by atoms with Gasteiger partial charge in [0.05, 0.1) is 6.21 Å². The number of hydrogen-bond acceptors (Lipinski definition) is 2. The van der Waals surface area contributed by atoms with Crippen LogP contribution in [0.5, 0.6) is 0 Å². The van der Waals surface area contributed by atoms with E-state index < -0.39 is 11.8 Å². The van der Waals surface area contributed by atoms with Crippen LogP contribution in [0.25, 0.3) is 0 Å². The minimum Gasteiger partial charge on any atom is -0.350 e. The SMILES string of the molecule is CN(/N=C/c1ccccc1F)C(N)=O. The Morgan fingerprint density at radius 1 is 1.57 bits per heavy atom. The number of urea groups is 1. The topological polar surface area (TPSA) is 58.7 Å². The molecule has 0 aliphatic rings. The Labute approximate surface area is 80.8 Å². The van der Waals surface area contributed by atoms with Crippen molar-refractivity contribution in [2.75, 3.05) is 7.05 Å². The molecule has 0 aromatic heterocycles. The van der Waals surface area contributed by atoms with E-state index in [-0.39, 0.29) is 0 Å². The second kappa shape index (κ2) is 4.36. The van der Waals surface area contributed by atoms with Crippen molar-refractivity contribution in [3.05, 3.63) is 35.6 Å². The predicted octanol–water partition coefficient (Wildman–Crippen LogP) is 1.17. The van der Waals surface area contributed by atoms with Crippen molar-refractivity contribution >= 4 is 12.2 Å². The molecule has 0 saturated carbocycles. The van der Waals surface area contributed by atoms with E-state index in [2.05, 4.69) is 5.10 Å². The Morgan fingerprint density at radius 2 is 2.21 bits per heavy atom. The second-order valence-corrected chi connectivity index (χ2v) is 2.63. The molecule has 14 heavy (non-hydrogen) atoms. The zero-order valence-electron chi connectivity index (χ0n) is 7.64. The van der Waals surface area contributed by atoms with Crippen LogP contribution < -0.4 is 5.73 Å². The number of nitrogens with zero attached hydrogens (tertiary/aromatic N) is 2. The van der Waals surface area contributed by atoms with E-state index in [9.17, 15) is 9.18 Å². The van der Waals surface area contributed by atoms with Crippen molar-refractivity contribution in [1.82, 2.24) is 5.01 Å². The zero-order valence-corrected chi connectivity index (χ0v) is 7.64. The normalized spacial score (nSPS) is 10.4. The summed E-state index contributed by atoms with van der Waals surface area (Å²) in [6, 6.07) is 5.41. The summed E-state index contributed by atoms with van der Waals surface area (Å²) in [6.07, 6.45) is 1.24. The molecule has 0 fully saturated rings. The summed E-state index contributed by atoms with van der Waals surface area (Å²) in [7, 11) is 1.39. The van der Waals surface area contributed by atoms with Gasteiger partial charge < -0.3 is 5.73 Å². The van der Waals surface area contributed by atoms with Crippen molar-refractivity contribution in [2.24, 2.45) is 10.8 Å². The molecule has 0 radical (unpaired) electrons. The number of hydrogen-bond donors (Lipinski definition) is 1. The first-order valence-corrected chi connectivity index (χ1v) is 3.93. The number of primary amides is 1. The van der Waals surface area contributed by atoms with Crippen LogP contribution in [0.4, 0.5) is 9.18 Å². The van der Waals surface area contributed by atoms with Crippen LogP contribution in [0.1, 0.15) is 5.56 Å². The standard InChI is InChI=1S/C9H10FN3O/c1-13(9(11)14)12-6-7-4-2-3-5-8(7)10/h2-6H,1H3,(H2,11,14)/b12-6+. The molecule has 0 aliphatic carbocycles. The molecule has 1 rings (SSSR count). The molecular formula is C9H10FN3O. The van der Waals surface area contributed by atoms with Gasteiger partial charge in [-0.25, -0.2) is 14.2 Å². The highest BCUT2D eigenvalue weighted by Crippen LogP contribution is 2.03. The van der Waals surface area contributed by atoms with Crippen molar-refractivity contribution in [2.45, 2.75) is 0 Å². The van der Waals surface area contributed by atoms with Crippen LogP contribution in [0, 0.1) is 5.82 Å². The predicted molar refractivity (Wildman–Crippen MR) is 51.3 cm³/mol. The Bertz CT molecular complexity index is 365. The van der Waals surface area contributed by atoms with Gasteiger partial charge in [-0.05, 0) is 6.07 Å². The van der Waals surface area contributed by atoms with Crippen LogP contribution in [-0.2, 0) is 0 Å². The lowest BCUT2D eigenvalue weighted by Gasteiger charge is -2.05. The van der Waals surface area contributed by atoms with E-state index in [0.717, 1.165) is 5.01 Å². The highest BCUT2D eigenvalue weighted by Gasteiger charge is 2.00.